The fourth-order valence-corrected chi connectivity index (χ4v) is 3.96. The van der Waals surface area contributed by atoms with E-state index >= 15 is 0 Å². The highest BCUT2D eigenvalue weighted by Gasteiger charge is 2.47. The van der Waals surface area contributed by atoms with Gasteiger partial charge in [-0.25, -0.2) is 4.79 Å². The first-order valence-electron chi connectivity index (χ1n) is 7.56. The summed E-state index contributed by atoms with van der Waals surface area (Å²) in [4.78, 5) is 12.4. The topological polar surface area (TPSA) is 74.2 Å². The molecule has 0 bridgehead atoms. The van der Waals surface area contributed by atoms with Crippen molar-refractivity contribution in [1.29, 1.82) is 0 Å². The number of carbonyl (C=O) groups is 1. The molecule has 6 heteroatoms. The van der Waals surface area contributed by atoms with E-state index in [4.69, 9.17) is 18.9 Å². The number of carbonyl (C=O) groups excluding carboxylic acids is 1. The average Bonchev–Trinajstić information content (AvgIpc) is 3.20. The van der Waals surface area contributed by atoms with Crippen molar-refractivity contribution in [1.82, 2.24) is 0 Å². The molecule has 5 rings (SSSR count). The van der Waals surface area contributed by atoms with Gasteiger partial charge >= 0.3 is 5.97 Å². The van der Waals surface area contributed by atoms with Crippen LogP contribution in [0.2, 0.25) is 0 Å². The van der Waals surface area contributed by atoms with E-state index < -0.39 is 12.3 Å². The minimum Gasteiger partial charge on any atom is -0.512 e. The summed E-state index contributed by atoms with van der Waals surface area (Å²) in [6.45, 7) is 0. The lowest BCUT2D eigenvalue weighted by Crippen LogP contribution is -2.24. The first kappa shape index (κ1) is 12.9. The highest BCUT2D eigenvalue weighted by atomic mass is 16.7. The quantitative estimate of drug-likeness (QED) is 0.634. The molecule has 1 aromatic rings. The standard InChI is InChI=1S/C17H14O6/c1-20-10-6-11-14(8-4-5-21-17(8)22-11)15-13(10)7-2-3-9(18)12(7)16(19)23-15/h4-8,17-18H,2-3H2,1H3/t7-,8+,17-/m1/s1. The number of fused-ring (bicyclic) bond motifs is 7. The number of benzene rings is 1. The summed E-state index contributed by atoms with van der Waals surface area (Å²) in [5.74, 6) is 1.05. The van der Waals surface area contributed by atoms with Crippen LogP contribution in [0.3, 0.4) is 0 Å². The lowest BCUT2D eigenvalue weighted by atomic mass is 9.85. The van der Waals surface area contributed by atoms with Crippen molar-refractivity contribution in [2.45, 2.75) is 31.0 Å². The molecular formula is C17H14O6. The van der Waals surface area contributed by atoms with E-state index in [1.165, 1.54) is 0 Å². The molecule has 1 aromatic carbocycles. The van der Waals surface area contributed by atoms with Crippen LogP contribution in [0, 0.1) is 0 Å². The fourth-order valence-electron chi connectivity index (χ4n) is 3.96. The molecule has 23 heavy (non-hydrogen) atoms. The Balaban J connectivity index is 1.78. The van der Waals surface area contributed by atoms with Crippen molar-refractivity contribution in [3.05, 3.63) is 40.9 Å². The summed E-state index contributed by atoms with van der Waals surface area (Å²) in [6, 6.07) is 1.82. The summed E-state index contributed by atoms with van der Waals surface area (Å²) in [5, 5.41) is 10.0. The van der Waals surface area contributed by atoms with Crippen molar-refractivity contribution in [3.63, 3.8) is 0 Å². The van der Waals surface area contributed by atoms with E-state index in [9.17, 15) is 9.90 Å². The first-order chi connectivity index (χ1) is 11.2. The van der Waals surface area contributed by atoms with E-state index in [-0.39, 0.29) is 17.6 Å². The maximum atomic E-state index is 12.4. The Morgan fingerprint density at radius 2 is 2.22 bits per heavy atom. The number of methoxy groups -OCH3 is 1. The molecule has 1 N–H and O–H groups in total. The van der Waals surface area contributed by atoms with Gasteiger partial charge in [0.15, 0.2) is 0 Å². The van der Waals surface area contributed by atoms with Crippen LogP contribution < -0.4 is 14.2 Å². The molecule has 0 saturated carbocycles. The van der Waals surface area contributed by atoms with Crippen LogP contribution in [0.5, 0.6) is 17.2 Å². The summed E-state index contributed by atoms with van der Waals surface area (Å²) in [5.41, 5.74) is 1.98. The van der Waals surface area contributed by atoms with Gasteiger partial charge in [-0.2, -0.15) is 0 Å². The maximum absolute atomic E-state index is 12.4. The summed E-state index contributed by atoms with van der Waals surface area (Å²) in [6.07, 6.45) is 4.22. The van der Waals surface area contributed by atoms with Gasteiger partial charge in [-0.1, -0.05) is 0 Å². The predicted octanol–water partition coefficient (Wildman–Crippen LogP) is 2.65. The normalized spacial score (nSPS) is 29.3. The Morgan fingerprint density at radius 1 is 1.35 bits per heavy atom. The third-order valence-corrected chi connectivity index (χ3v) is 4.96. The van der Waals surface area contributed by atoms with Crippen LogP contribution in [0.15, 0.2) is 29.7 Å². The predicted molar refractivity (Wildman–Crippen MR) is 77.6 cm³/mol. The van der Waals surface area contributed by atoms with E-state index in [0.29, 0.717) is 35.7 Å². The largest absolute Gasteiger partial charge is 0.512 e. The molecule has 4 aliphatic rings. The fraction of sp³-hybridized carbons (Fsp3) is 0.353. The van der Waals surface area contributed by atoms with Gasteiger partial charge in [-0.05, 0) is 12.5 Å². The Morgan fingerprint density at radius 3 is 3.04 bits per heavy atom. The third kappa shape index (κ3) is 1.50. The number of hydrogen-bond acceptors (Lipinski definition) is 6. The van der Waals surface area contributed by atoms with E-state index in [0.717, 1.165) is 11.1 Å². The maximum Gasteiger partial charge on any atom is 0.343 e. The zero-order chi connectivity index (χ0) is 15.7. The first-order valence-corrected chi connectivity index (χ1v) is 7.56. The number of aliphatic hydroxyl groups excluding tert-OH is 1. The molecule has 0 fully saturated rings. The van der Waals surface area contributed by atoms with Crippen molar-refractivity contribution >= 4 is 5.97 Å². The van der Waals surface area contributed by atoms with Gasteiger partial charge in [0.25, 0.3) is 6.29 Å². The van der Waals surface area contributed by atoms with Crippen molar-refractivity contribution in [2.75, 3.05) is 7.11 Å². The molecule has 118 valence electrons. The van der Waals surface area contributed by atoms with Crippen LogP contribution in [0.4, 0.5) is 0 Å². The van der Waals surface area contributed by atoms with Gasteiger partial charge < -0.3 is 24.1 Å². The number of esters is 1. The second kappa shape index (κ2) is 4.22. The molecule has 6 nitrogen and oxygen atoms in total. The Kier molecular flexibility index (Phi) is 2.36. The van der Waals surface area contributed by atoms with Crippen molar-refractivity contribution < 1.29 is 28.8 Å². The number of rotatable bonds is 1. The number of aliphatic hydroxyl groups is 1. The van der Waals surface area contributed by atoms with Gasteiger partial charge in [0, 0.05) is 24.0 Å². The van der Waals surface area contributed by atoms with Crippen LogP contribution in [0.25, 0.3) is 0 Å². The second-order valence-electron chi connectivity index (χ2n) is 6.05. The lowest BCUT2D eigenvalue weighted by Gasteiger charge is -2.27. The van der Waals surface area contributed by atoms with E-state index in [1.54, 1.807) is 13.4 Å². The monoisotopic (exact) mass is 314 g/mol. The highest BCUT2D eigenvalue weighted by Crippen LogP contribution is 2.57. The molecule has 3 atom stereocenters. The average molecular weight is 314 g/mol. The van der Waals surface area contributed by atoms with Crippen LogP contribution in [0.1, 0.15) is 35.8 Å². The van der Waals surface area contributed by atoms with Gasteiger partial charge in [-0.3, -0.25) is 0 Å². The molecule has 0 radical (unpaired) electrons. The van der Waals surface area contributed by atoms with Gasteiger partial charge in [-0.15, -0.1) is 0 Å². The van der Waals surface area contributed by atoms with Crippen LogP contribution >= 0.6 is 0 Å². The molecule has 3 heterocycles. The molecule has 0 amide bonds. The molecule has 0 aromatic heterocycles. The zero-order valence-corrected chi connectivity index (χ0v) is 12.4. The SMILES string of the molecule is COc1cc2c(c3c1[C@@H]1CCC(O)=C1C(=O)O3)[C@@H]1C=CO[C@@H]1O2. The summed E-state index contributed by atoms with van der Waals surface area (Å²) < 4.78 is 22.3. The molecule has 0 saturated heterocycles. The Hall–Kier alpha value is -2.63. The molecule has 3 aliphatic heterocycles. The minimum absolute atomic E-state index is 0.0991. The molecule has 0 unspecified atom stereocenters. The number of allylic oxidation sites excluding steroid dienone is 1. The molecule has 0 spiro atoms. The minimum atomic E-state index is -0.487. The lowest BCUT2D eigenvalue weighted by molar-refractivity contribution is -0.131. The van der Waals surface area contributed by atoms with Gasteiger partial charge in [0.05, 0.1) is 30.4 Å². The number of hydrogen-bond donors (Lipinski definition) is 1. The van der Waals surface area contributed by atoms with Crippen molar-refractivity contribution in [3.8, 4) is 17.2 Å². The van der Waals surface area contributed by atoms with E-state index in [2.05, 4.69) is 0 Å². The van der Waals surface area contributed by atoms with Crippen LogP contribution in [-0.2, 0) is 9.53 Å². The molecular weight excluding hydrogens is 300 g/mol. The summed E-state index contributed by atoms with van der Waals surface area (Å²) in [7, 11) is 1.57. The van der Waals surface area contributed by atoms with Gasteiger partial charge in [0.2, 0.25) is 0 Å². The van der Waals surface area contributed by atoms with Gasteiger partial charge in [0.1, 0.15) is 23.0 Å². The van der Waals surface area contributed by atoms with Crippen molar-refractivity contribution in [2.24, 2.45) is 0 Å². The zero-order valence-electron chi connectivity index (χ0n) is 12.4. The smallest absolute Gasteiger partial charge is 0.343 e. The van der Waals surface area contributed by atoms with Crippen LogP contribution in [-0.4, -0.2) is 24.5 Å². The van der Waals surface area contributed by atoms with E-state index in [1.807, 2.05) is 12.1 Å². The third-order valence-electron chi connectivity index (χ3n) is 4.96. The highest BCUT2D eigenvalue weighted by molar-refractivity contribution is 5.96. The number of ether oxygens (including phenoxy) is 4. The second-order valence-corrected chi connectivity index (χ2v) is 6.05. The molecule has 1 aliphatic carbocycles. The summed E-state index contributed by atoms with van der Waals surface area (Å²) >= 11 is 0. The Labute approximate surface area is 131 Å². The Bertz CT molecular complexity index is 806.